The van der Waals surface area contributed by atoms with E-state index < -0.39 is 0 Å². The summed E-state index contributed by atoms with van der Waals surface area (Å²) < 4.78 is 10.5. The van der Waals surface area contributed by atoms with Crippen LogP contribution in [0.2, 0.25) is 0 Å². The van der Waals surface area contributed by atoms with Crippen LogP contribution in [-0.2, 0) is 6.54 Å². The number of nitrogens with zero attached hydrogens (tertiary/aromatic N) is 2. The zero-order valence-corrected chi connectivity index (χ0v) is 10.5. The average molecular weight is 227 g/mol. The van der Waals surface area contributed by atoms with E-state index in [4.69, 9.17) is 9.15 Å². The maximum absolute atomic E-state index is 5.36. The second kappa shape index (κ2) is 6.50. The summed E-state index contributed by atoms with van der Waals surface area (Å²) in [6.45, 7) is 6.33. The molecule has 16 heavy (non-hydrogen) atoms. The SMILES string of the molecule is CC(C)NCc1coc(OCCN(C)C)n1. The second-order valence-electron chi connectivity index (χ2n) is 4.29. The van der Waals surface area contributed by atoms with Crippen LogP contribution in [0, 0.1) is 0 Å². The molecular weight excluding hydrogens is 206 g/mol. The molecule has 0 unspecified atom stereocenters. The summed E-state index contributed by atoms with van der Waals surface area (Å²) in [6.07, 6.45) is 1.97. The number of nitrogens with one attached hydrogen (secondary N) is 1. The Balaban J connectivity index is 2.28. The Morgan fingerprint density at radius 1 is 1.50 bits per heavy atom. The average Bonchev–Trinajstić information content (AvgIpc) is 2.62. The first-order chi connectivity index (χ1) is 7.58. The molecule has 0 spiro atoms. The highest BCUT2D eigenvalue weighted by molar-refractivity contribution is 4.99. The zero-order chi connectivity index (χ0) is 12.0. The van der Waals surface area contributed by atoms with Crippen LogP contribution in [0.25, 0.3) is 0 Å². The molecule has 0 aliphatic carbocycles. The van der Waals surface area contributed by atoms with Gasteiger partial charge in [0, 0.05) is 19.1 Å². The van der Waals surface area contributed by atoms with Gasteiger partial charge in [-0.1, -0.05) is 13.8 Å². The lowest BCUT2D eigenvalue weighted by molar-refractivity contribution is 0.203. The quantitative estimate of drug-likeness (QED) is 0.756. The van der Waals surface area contributed by atoms with E-state index in [9.17, 15) is 0 Å². The fraction of sp³-hybridized carbons (Fsp3) is 0.727. The molecule has 5 heteroatoms. The van der Waals surface area contributed by atoms with Crippen LogP contribution >= 0.6 is 0 Å². The third-order valence-corrected chi connectivity index (χ3v) is 1.99. The first-order valence-electron chi connectivity index (χ1n) is 5.53. The molecule has 0 saturated heterocycles. The molecule has 0 aliphatic heterocycles. The van der Waals surface area contributed by atoms with Gasteiger partial charge < -0.3 is 19.4 Å². The predicted octanol–water partition coefficient (Wildman–Crippen LogP) is 1.11. The highest BCUT2D eigenvalue weighted by Crippen LogP contribution is 2.09. The highest BCUT2D eigenvalue weighted by Gasteiger charge is 2.05. The second-order valence-corrected chi connectivity index (χ2v) is 4.29. The van der Waals surface area contributed by atoms with Gasteiger partial charge in [-0.15, -0.1) is 0 Å². The van der Waals surface area contributed by atoms with Crippen LogP contribution in [0.15, 0.2) is 10.7 Å². The lowest BCUT2D eigenvalue weighted by atomic mass is 10.4. The molecule has 0 bridgehead atoms. The molecule has 0 amide bonds. The van der Waals surface area contributed by atoms with E-state index in [0.29, 0.717) is 25.3 Å². The first kappa shape index (κ1) is 13.0. The zero-order valence-electron chi connectivity index (χ0n) is 10.5. The third kappa shape index (κ3) is 5.14. The Morgan fingerprint density at radius 2 is 2.25 bits per heavy atom. The van der Waals surface area contributed by atoms with Gasteiger partial charge in [-0.25, -0.2) is 0 Å². The molecule has 0 fully saturated rings. The van der Waals surface area contributed by atoms with Gasteiger partial charge in [0.1, 0.15) is 12.9 Å². The number of ether oxygens (including phenoxy) is 1. The summed E-state index contributed by atoms with van der Waals surface area (Å²) >= 11 is 0. The predicted molar refractivity (Wildman–Crippen MR) is 62.5 cm³/mol. The number of hydrogen-bond donors (Lipinski definition) is 1. The molecule has 1 heterocycles. The van der Waals surface area contributed by atoms with Crippen LogP contribution in [0.4, 0.5) is 0 Å². The van der Waals surface area contributed by atoms with Crippen molar-refractivity contribution in [3.63, 3.8) is 0 Å². The summed E-state index contributed by atoms with van der Waals surface area (Å²) in [4.78, 5) is 6.25. The number of likely N-dealkylation sites (N-methyl/N-ethyl adjacent to an activating group) is 1. The monoisotopic (exact) mass is 227 g/mol. The normalized spacial score (nSPS) is 11.4. The summed E-state index contributed by atoms with van der Waals surface area (Å²) in [5, 5.41) is 3.26. The van der Waals surface area contributed by atoms with E-state index in [1.807, 2.05) is 19.0 Å². The van der Waals surface area contributed by atoms with E-state index in [1.54, 1.807) is 6.26 Å². The molecule has 0 radical (unpaired) electrons. The number of rotatable bonds is 7. The van der Waals surface area contributed by atoms with Crippen molar-refractivity contribution >= 4 is 0 Å². The van der Waals surface area contributed by atoms with E-state index in [1.165, 1.54) is 0 Å². The van der Waals surface area contributed by atoms with Gasteiger partial charge in [-0.2, -0.15) is 4.98 Å². The lowest BCUT2D eigenvalue weighted by Crippen LogP contribution is -2.22. The smallest absolute Gasteiger partial charge is 0.393 e. The third-order valence-electron chi connectivity index (χ3n) is 1.99. The van der Waals surface area contributed by atoms with Crippen molar-refractivity contribution in [2.45, 2.75) is 26.4 Å². The maximum Gasteiger partial charge on any atom is 0.393 e. The molecule has 1 N–H and O–H groups in total. The maximum atomic E-state index is 5.36. The molecule has 0 saturated carbocycles. The minimum Gasteiger partial charge on any atom is -0.449 e. The molecular formula is C11H21N3O2. The minimum absolute atomic E-state index is 0.349. The molecule has 1 aromatic rings. The van der Waals surface area contributed by atoms with E-state index >= 15 is 0 Å². The topological polar surface area (TPSA) is 50.5 Å². The summed E-state index contributed by atoms with van der Waals surface area (Å²) in [5.74, 6) is 0. The fourth-order valence-electron chi connectivity index (χ4n) is 1.06. The Kier molecular flexibility index (Phi) is 5.28. The van der Waals surface area contributed by atoms with Crippen LogP contribution in [0.5, 0.6) is 6.08 Å². The lowest BCUT2D eigenvalue weighted by Gasteiger charge is -2.07. The van der Waals surface area contributed by atoms with Gasteiger partial charge in [0.2, 0.25) is 0 Å². The molecule has 0 atom stereocenters. The van der Waals surface area contributed by atoms with Crippen LogP contribution < -0.4 is 10.1 Å². The van der Waals surface area contributed by atoms with Crippen LogP contribution in [-0.4, -0.2) is 43.2 Å². The Morgan fingerprint density at radius 3 is 2.88 bits per heavy atom. The van der Waals surface area contributed by atoms with Crippen molar-refractivity contribution in [2.24, 2.45) is 0 Å². The summed E-state index contributed by atoms with van der Waals surface area (Å²) in [5.41, 5.74) is 0.869. The van der Waals surface area contributed by atoms with E-state index in [-0.39, 0.29) is 0 Å². The molecule has 1 aromatic heterocycles. The van der Waals surface area contributed by atoms with Crippen molar-refractivity contribution in [1.29, 1.82) is 0 Å². The van der Waals surface area contributed by atoms with Gasteiger partial charge in [0.25, 0.3) is 0 Å². The number of aromatic nitrogens is 1. The Hall–Kier alpha value is -1.07. The van der Waals surface area contributed by atoms with Crippen molar-refractivity contribution in [3.05, 3.63) is 12.0 Å². The van der Waals surface area contributed by atoms with Crippen molar-refractivity contribution in [3.8, 4) is 6.08 Å². The van der Waals surface area contributed by atoms with Crippen molar-refractivity contribution in [2.75, 3.05) is 27.2 Å². The summed E-state index contributed by atoms with van der Waals surface area (Å²) in [6, 6.07) is 0.440. The summed E-state index contributed by atoms with van der Waals surface area (Å²) in [7, 11) is 3.99. The first-order valence-corrected chi connectivity index (χ1v) is 5.53. The molecule has 92 valence electrons. The Bertz CT molecular complexity index is 297. The van der Waals surface area contributed by atoms with E-state index in [0.717, 1.165) is 12.2 Å². The van der Waals surface area contributed by atoms with Crippen LogP contribution in [0.1, 0.15) is 19.5 Å². The Labute approximate surface area is 96.8 Å². The van der Waals surface area contributed by atoms with Gasteiger partial charge >= 0.3 is 6.08 Å². The highest BCUT2D eigenvalue weighted by atomic mass is 16.6. The largest absolute Gasteiger partial charge is 0.449 e. The van der Waals surface area contributed by atoms with Gasteiger partial charge in [0.05, 0.1) is 5.69 Å². The van der Waals surface area contributed by atoms with Crippen LogP contribution in [0.3, 0.4) is 0 Å². The molecule has 0 aromatic carbocycles. The van der Waals surface area contributed by atoms with Gasteiger partial charge in [0.15, 0.2) is 0 Å². The van der Waals surface area contributed by atoms with Crippen molar-refractivity contribution < 1.29 is 9.15 Å². The van der Waals surface area contributed by atoms with E-state index in [2.05, 4.69) is 24.1 Å². The van der Waals surface area contributed by atoms with Crippen molar-refractivity contribution in [1.82, 2.24) is 15.2 Å². The number of oxazole rings is 1. The fourth-order valence-corrected chi connectivity index (χ4v) is 1.06. The molecule has 5 nitrogen and oxygen atoms in total. The van der Waals surface area contributed by atoms with Gasteiger partial charge in [-0.3, -0.25) is 0 Å². The molecule has 0 aliphatic rings. The molecule has 1 rings (SSSR count). The number of hydrogen-bond acceptors (Lipinski definition) is 5. The minimum atomic E-state index is 0.349. The van der Waals surface area contributed by atoms with Gasteiger partial charge in [-0.05, 0) is 14.1 Å². The standard InChI is InChI=1S/C11H21N3O2/c1-9(2)12-7-10-8-16-11(13-10)15-6-5-14(3)4/h8-9,12H,5-7H2,1-4H3.